The van der Waals surface area contributed by atoms with Crippen LogP contribution in [-0.2, 0) is 11.3 Å². The van der Waals surface area contributed by atoms with Gasteiger partial charge in [0.25, 0.3) is 0 Å². The van der Waals surface area contributed by atoms with Crippen LogP contribution in [0.15, 0.2) is 24.3 Å². The number of ether oxygens (including phenoxy) is 1. The van der Waals surface area contributed by atoms with Crippen LogP contribution in [0.25, 0.3) is 0 Å². The summed E-state index contributed by atoms with van der Waals surface area (Å²) in [6.07, 6.45) is 4.84. The second-order valence-electron chi connectivity index (χ2n) is 5.42. The SMILES string of the molecule is CC1CCC(CBr)(OCc2cccc(Cl)c2)CC1. The topological polar surface area (TPSA) is 9.23 Å². The first-order valence-corrected chi connectivity index (χ1v) is 8.08. The molecule has 0 saturated heterocycles. The Morgan fingerprint density at radius 1 is 1.39 bits per heavy atom. The third kappa shape index (κ3) is 3.72. The van der Waals surface area contributed by atoms with E-state index in [4.69, 9.17) is 16.3 Å². The van der Waals surface area contributed by atoms with Crippen LogP contribution in [0.1, 0.15) is 38.2 Å². The molecule has 0 amide bonds. The van der Waals surface area contributed by atoms with E-state index in [1.807, 2.05) is 18.2 Å². The fourth-order valence-electron chi connectivity index (χ4n) is 2.47. The fourth-order valence-corrected chi connectivity index (χ4v) is 3.40. The normalized spacial score (nSPS) is 28.3. The summed E-state index contributed by atoms with van der Waals surface area (Å²) < 4.78 is 6.20. The predicted octanol–water partition coefficient (Wildman–Crippen LogP) is 5.20. The molecule has 0 spiro atoms. The van der Waals surface area contributed by atoms with Gasteiger partial charge in [0.05, 0.1) is 12.2 Å². The van der Waals surface area contributed by atoms with Crippen LogP contribution in [0.4, 0.5) is 0 Å². The third-order valence-corrected chi connectivity index (χ3v) is 5.12. The Bertz CT molecular complexity index is 386. The molecule has 18 heavy (non-hydrogen) atoms. The van der Waals surface area contributed by atoms with Gasteiger partial charge in [0.1, 0.15) is 0 Å². The van der Waals surface area contributed by atoms with E-state index >= 15 is 0 Å². The smallest absolute Gasteiger partial charge is 0.0783 e. The van der Waals surface area contributed by atoms with Crippen LogP contribution < -0.4 is 0 Å². The zero-order valence-electron chi connectivity index (χ0n) is 10.8. The van der Waals surface area contributed by atoms with Crippen molar-refractivity contribution in [1.82, 2.24) is 0 Å². The minimum absolute atomic E-state index is 0.0226. The Kier molecular flexibility index (Phi) is 5.11. The van der Waals surface area contributed by atoms with Gasteiger partial charge in [0.2, 0.25) is 0 Å². The van der Waals surface area contributed by atoms with Gasteiger partial charge in [-0.25, -0.2) is 0 Å². The van der Waals surface area contributed by atoms with Gasteiger partial charge in [-0.05, 0) is 49.3 Å². The van der Waals surface area contributed by atoms with E-state index in [2.05, 4.69) is 28.9 Å². The molecule has 0 unspecified atom stereocenters. The van der Waals surface area contributed by atoms with Crippen LogP contribution in [0.5, 0.6) is 0 Å². The van der Waals surface area contributed by atoms with E-state index in [9.17, 15) is 0 Å². The van der Waals surface area contributed by atoms with Crippen molar-refractivity contribution in [2.45, 2.75) is 44.8 Å². The van der Waals surface area contributed by atoms with Crippen molar-refractivity contribution in [3.63, 3.8) is 0 Å². The molecule has 0 aliphatic heterocycles. The molecule has 1 aromatic carbocycles. The van der Waals surface area contributed by atoms with Crippen molar-refractivity contribution in [1.29, 1.82) is 0 Å². The molecule has 100 valence electrons. The first kappa shape index (κ1) is 14.4. The van der Waals surface area contributed by atoms with Crippen molar-refractivity contribution >= 4 is 27.5 Å². The van der Waals surface area contributed by atoms with E-state index in [0.29, 0.717) is 6.61 Å². The predicted molar refractivity (Wildman–Crippen MR) is 80.4 cm³/mol. The van der Waals surface area contributed by atoms with Crippen LogP contribution in [0.3, 0.4) is 0 Å². The highest BCUT2D eigenvalue weighted by atomic mass is 79.9. The molecule has 0 bridgehead atoms. The van der Waals surface area contributed by atoms with Crippen LogP contribution in [0.2, 0.25) is 5.02 Å². The molecule has 1 aliphatic carbocycles. The first-order valence-electron chi connectivity index (χ1n) is 6.58. The highest BCUT2D eigenvalue weighted by molar-refractivity contribution is 9.09. The molecular weight excluding hydrogens is 312 g/mol. The standard InChI is InChI=1S/C15H20BrClO/c1-12-5-7-15(11-16,8-6-12)18-10-13-3-2-4-14(17)9-13/h2-4,9,12H,5-8,10-11H2,1H3. The lowest BCUT2D eigenvalue weighted by Gasteiger charge is -2.38. The van der Waals surface area contributed by atoms with Gasteiger partial charge in [0.15, 0.2) is 0 Å². The average Bonchev–Trinajstić information content (AvgIpc) is 2.39. The molecule has 3 heteroatoms. The summed E-state index contributed by atoms with van der Waals surface area (Å²) in [6, 6.07) is 7.92. The monoisotopic (exact) mass is 330 g/mol. The van der Waals surface area contributed by atoms with Gasteiger partial charge in [-0.15, -0.1) is 0 Å². The Morgan fingerprint density at radius 2 is 2.11 bits per heavy atom. The van der Waals surface area contributed by atoms with Crippen LogP contribution in [-0.4, -0.2) is 10.9 Å². The third-order valence-electron chi connectivity index (χ3n) is 3.86. The number of rotatable bonds is 4. The van der Waals surface area contributed by atoms with Gasteiger partial charge < -0.3 is 4.74 Å². The number of halogens is 2. The quantitative estimate of drug-likeness (QED) is 0.689. The molecule has 1 aliphatic rings. The summed E-state index contributed by atoms with van der Waals surface area (Å²) in [5.41, 5.74) is 1.18. The molecule has 1 saturated carbocycles. The van der Waals surface area contributed by atoms with Gasteiger partial charge in [-0.1, -0.05) is 46.6 Å². The molecule has 0 atom stereocenters. The van der Waals surface area contributed by atoms with E-state index < -0.39 is 0 Å². The summed E-state index contributed by atoms with van der Waals surface area (Å²) >= 11 is 9.61. The molecule has 1 fully saturated rings. The summed E-state index contributed by atoms with van der Waals surface area (Å²) in [7, 11) is 0. The molecule has 0 N–H and O–H groups in total. The minimum Gasteiger partial charge on any atom is -0.369 e. The van der Waals surface area contributed by atoms with Crippen LogP contribution >= 0.6 is 27.5 Å². The summed E-state index contributed by atoms with van der Waals surface area (Å²) in [6.45, 7) is 2.98. The highest BCUT2D eigenvalue weighted by Crippen LogP contribution is 2.36. The van der Waals surface area contributed by atoms with Crippen molar-refractivity contribution in [3.8, 4) is 0 Å². The largest absolute Gasteiger partial charge is 0.369 e. The van der Waals surface area contributed by atoms with E-state index in [0.717, 1.165) is 34.7 Å². The molecule has 0 heterocycles. The molecule has 1 nitrogen and oxygen atoms in total. The number of alkyl halides is 1. The second kappa shape index (κ2) is 6.40. The van der Waals surface area contributed by atoms with Gasteiger partial charge in [0, 0.05) is 10.4 Å². The molecule has 2 rings (SSSR count). The van der Waals surface area contributed by atoms with Crippen molar-refractivity contribution in [2.24, 2.45) is 5.92 Å². The second-order valence-corrected chi connectivity index (χ2v) is 6.41. The first-order chi connectivity index (χ1) is 8.63. The Morgan fingerprint density at radius 3 is 2.72 bits per heavy atom. The minimum atomic E-state index is 0.0226. The fraction of sp³-hybridized carbons (Fsp3) is 0.600. The van der Waals surface area contributed by atoms with Crippen molar-refractivity contribution in [2.75, 3.05) is 5.33 Å². The van der Waals surface area contributed by atoms with E-state index in [-0.39, 0.29) is 5.60 Å². The van der Waals surface area contributed by atoms with Crippen molar-refractivity contribution < 1.29 is 4.74 Å². The number of hydrogen-bond donors (Lipinski definition) is 0. The summed E-state index contributed by atoms with van der Waals surface area (Å²) in [4.78, 5) is 0. The lowest BCUT2D eigenvalue weighted by molar-refractivity contribution is -0.0688. The zero-order valence-corrected chi connectivity index (χ0v) is 13.1. The lowest BCUT2D eigenvalue weighted by Crippen LogP contribution is -2.38. The average molecular weight is 332 g/mol. The van der Waals surface area contributed by atoms with Gasteiger partial charge >= 0.3 is 0 Å². The van der Waals surface area contributed by atoms with Gasteiger partial charge in [-0.3, -0.25) is 0 Å². The maximum atomic E-state index is 6.20. The van der Waals surface area contributed by atoms with Gasteiger partial charge in [-0.2, -0.15) is 0 Å². The molecular formula is C15H20BrClO. The molecule has 1 aromatic rings. The highest BCUT2D eigenvalue weighted by Gasteiger charge is 2.34. The Hall–Kier alpha value is -0.0500. The maximum absolute atomic E-state index is 6.20. The Labute approximate surface area is 123 Å². The zero-order chi connectivity index (χ0) is 13.0. The molecule has 0 radical (unpaired) electrons. The van der Waals surface area contributed by atoms with Crippen LogP contribution in [0, 0.1) is 5.92 Å². The number of benzene rings is 1. The lowest BCUT2D eigenvalue weighted by atomic mass is 9.80. The summed E-state index contributed by atoms with van der Waals surface area (Å²) in [5, 5.41) is 1.70. The summed E-state index contributed by atoms with van der Waals surface area (Å²) in [5.74, 6) is 0.840. The van der Waals surface area contributed by atoms with Crippen molar-refractivity contribution in [3.05, 3.63) is 34.9 Å². The number of hydrogen-bond acceptors (Lipinski definition) is 1. The Balaban J connectivity index is 1.95. The maximum Gasteiger partial charge on any atom is 0.0783 e. The molecule has 0 aromatic heterocycles. The van der Waals surface area contributed by atoms with E-state index in [1.54, 1.807) is 0 Å². The van der Waals surface area contributed by atoms with E-state index in [1.165, 1.54) is 12.8 Å².